The molecule has 7 amide bonds. The summed E-state index contributed by atoms with van der Waals surface area (Å²) in [5.74, 6) is -4.65. The molecule has 0 unspecified atom stereocenters. The summed E-state index contributed by atoms with van der Waals surface area (Å²) < 4.78 is 32.9. The molecular formula is C40H56N10O10S. The lowest BCUT2D eigenvalue weighted by Crippen LogP contribution is -2.57. The van der Waals surface area contributed by atoms with E-state index in [1.165, 1.54) is 24.0 Å². The first-order valence-corrected chi connectivity index (χ1v) is 21.7. The summed E-state index contributed by atoms with van der Waals surface area (Å²) in [6.07, 6.45) is 0.406. The average molecular weight is 869 g/mol. The maximum absolute atomic E-state index is 14.1. The zero-order valence-corrected chi connectivity index (χ0v) is 35.1. The van der Waals surface area contributed by atoms with Crippen molar-refractivity contribution in [3.05, 3.63) is 65.7 Å². The summed E-state index contributed by atoms with van der Waals surface area (Å²) in [6, 6.07) is 9.29. The molecule has 61 heavy (non-hydrogen) atoms. The topological polar surface area (TPSA) is 303 Å². The van der Waals surface area contributed by atoms with E-state index in [1.807, 2.05) is 37.3 Å². The van der Waals surface area contributed by atoms with E-state index in [-0.39, 0.29) is 69.7 Å². The molecule has 2 aliphatic rings. The fourth-order valence-electron chi connectivity index (χ4n) is 6.68. The molecule has 332 valence electrons. The number of benzene rings is 2. The number of aliphatic imine (C=N–C) groups is 1. The van der Waals surface area contributed by atoms with Crippen LogP contribution in [0.25, 0.3) is 0 Å². The number of nitrogens with one attached hydrogen (secondary N) is 6. The van der Waals surface area contributed by atoms with Crippen LogP contribution in [-0.2, 0) is 50.1 Å². The highest BCUT2D eigenvalue weighted by Crippen LogP contribution is 2.21. The lowest BCUT2D eigenvalue weighted by Gasteiger charge is -2.30. The predicted molar refractivity (Wildman–Crippen MR) is 222 cm³/mol. The van der Waals surface area contributed by atoms with Crippen LogP contribution in [0.2, 0.25) is 0 Å². The molecule has 20 nitrogen and oxygen atoms in total. The summed E-state index contributed by atoms with van der Waals surface area (Å²) in [5, 5.41) is 13.2. The van der Waals surface area contributed by atoms with E-state index in [9.17, 15) is 42.0 Å². The van der Waals surface area contributed by atoms with Gasteiger partial charge in [-0.1, -0.05) is 48.0 Å². The molecule has 0 bridgehead atoms. The Labute approximate surface area is 354 Å². The van der Waals surface area contributed by atoms with Gasteiger partial charge in [0.1, 0.15) is 36.8 Å². The van der Waals surface area contributed by atoms with Crippen LogP contribution < -0.4 is 42.8 Å². The van der Waals surface area contributed by atoms with Gasteiger partial charge >= 0.3 is 6.09 Å². The van der Waals surface area contributed by atoms with E-state index >= 15 is 0 Å². The second-order valence-electron chi connectivity index (χ2n) is 14.9. The zero-order chi connectivity index (χ0) is 44.5. The van der Waals surface area contributed by atoms with Crippen LogP contribution in [0.4, 0.5) is 4.79 Å². The minimum absolute atomic E-state index is 0.0192. The van der Waals surface area contributed by atoms with Crippen LogP contribution in [-0.4, -0.2) is 111 Å². The number of rotatable bonds is 16. The Balaban J connectivity index is 1.47. The Bertz CT molecular complexity index is 2020. The van der Waals surface area contributed by atoms with Crippen molar-refractivity contribution in [1.82, 2.24) is 36.2 Å². The third-order valence-corrected chi connectivity index (χ3v) is 11.4. The first-order chi connectivity index (χ1) is 29.0. The number of primary amides is 1. The zero-order valence-electron chi connectivity index (χ0n) is 34.3. The van der Waals surface area contributed by atoms with E-state index < -0.39 is 87.7 Å². The lowest BCUT2D eigenvalue weighted by molar-refractivity contribution is -0.142. The molecule has 0 aromatic heterocycles. The highest BCUT2D eigenvalue weighted by atomic mass is 32.2. The molecule has 0 aliphatic carbocycles. The molecule has 2 aromatic rings. The van der Waals surface area contributed by atoms with Crippen LogP contribution in [0.1, 0.15) is 75.8 Å². The van der Waals surface area contributed by atoms with Crippen molar-refractivity contribution >= 4 is 57.5 Å². The number of ether oxygens (including phenoxy) is 1. The van der Waals surface area contributed by atoms with E-state index in [4.69, 9.17) is 16.2 Å². The molecule has 10 N–H and O–H groups in total. The Hall–Kier alpha value is -6.25. The molecule has 2 fully saturated rings. The molecular weight excluding hydrogens is 813 g/mol. The van der Waals surface area contributed by atoms with Crippen molar-refractivity contribution < 1.29 is 46.7 Å². The standard InChI is InChI=1S/C40H56N10O10S/c1-25-15-17-28(18-16-25)61(58,59)49-39(42)43-22-8-13-31-38(56)50-23-9-14-32(50)37(55)45-26(2)34(52)46-29(35(53)47-30(36(54)48-31)19-20-33(41)51)12-6-7-21-44-40(57)60-24-27-10-4-3-5-11-27/h3-5,10-11,15-18,26,29-32H,6-9,12-14,19-24H2,1-2H3,(H2,41,51)(H,44,57)(H,45,55)(H,46,52)(H,47,53)(H,48,54)(H3,42,43,49)/t26-,29-,30-,31-,32-/m0/s1. The van der Waals surface area contributed by atoms with Crippen molar-refractivity contribution in [2.45, 2.75) is 113 Å². The molecule has 2 saturated heterocycles. The van der Waals surface area contributed by atoms with E-state index in [2.05, 4.69) is 36.3 Å². The summed E-state index contributed by atoms with van der Waals surface area (Å²) in [5.41, 5.74) is 13.0. The number of fused-ring (bicyclic) bond motifs is 1. The Morgan fingerprint density at radius 3 is 2.15 bits per heavy atom. The average Bonchev–Trinajstić information content (AvgIpc) is 3.72. The molecule has 0 radical (unpaired) electrons. The van der Waals surface area contributed by atoms with Crippen molar-refractivity contribution in [2.24, 2.45) is 16.5 Å². The minimum atomic E-state index is -4.03. The van der Waals surface area contributed by atoms with E-state index in [0.29, 0.717) is 19.3 Å². The van der Waals surface area contributed by atoms with Crippen LogP contribution in [0.3, 0.4) is 0 Å². The van der Waals surface area contributed by atoms with Crippen molar-refractivity contribution in [3.63, 3.8) is 0 Å². The molecule has 0 saturated carbocycles. The normalized spacial score (nSPS) is 21.7. The number of sulfonamides is 1. The number of nitrogens with zero attached hydrogens (tertiary/aromatic N) is 2. The fraction of sp³-hybridized carbons (Fsp3) is 0.500. The van der Waals surface area contributed by atoms with Gasteiger partial charge in [-0.15, -0.1) is 0 Å². The first-order valence-electron chi connectivity index (χ1n) is 20.2. The highest BCUT2D eigenvalue weighted by Gasteiger charge is 2.40. The van der Waals surface area contributed by atoms with Crippen LogP contribution >= 0.6 is 0 Å². The van der Waals surface area contributed by atoms with E-state index in [1.54, 1.807) is 12.1 Å². The van der Waals surface area contributed by atoms with Gasteiger partial charge in [0.15, 0.2) is 0 Å². The monoisotopic (exact) mass is 868 g/mol. The number of carbonyl (C=O) groups excluding carboxylic acids is 7. The number of nitrogens with two attached hydrogens (primary N) is 2. The molecule has 2 heterocycles. The Kier molecular flexibility index (Phi) is 17.8. The summed E-state index contributed by atoms with van der Waals surface area (Å²) in [7, 11) is -4.03. The summed E-state index contributed by atoms with van der Waals surface area (Å²) >= 11 is 0. The Morgan fingerprint density at radius 1 is 0.820 bits per heavy atom. The summed E-state index contributed by atoms with van der Waals surface area (Å²) in [4.78, 5) is 98.2. The third kappa shape index (κ3) is 15.1. The highest BCUT2D eigenvalue weighted by molar-refractivity contribution is 7.90. The first kappa shape index (κ1) is 47.4. The van der Waals surface area contributed by atoms with Crippen LogP contribution in [0.15, 0.2) is 64.5 Å². The lowest BCUT2D eigenvalue weighted by atomic mass is 10.0. The largest absolute Gasteiger partial charge is 0.445 e. The number of alkyl carbamates (subject to hydrolysis) is 1. The van der Waals surface area contributed by atoms with Gasteiger partial charge < -0.3 is 47.7 Å². The molecule has 4 rings (SSSR count). The van der Waals surface area contributed by atoms with Gasteiger partial charge in [-0.25, -0.2) is 17.9 Å². The van der Waals surface area contributed by atoms with Gasteiger partial charge in [-0.3, -0.25) is 33.8 Å². The number of carbonyl (C=O) groups is 7. The van der Waals surface area contributed by atoms with Crippen molar-refractivity contribution in [2.75, 3.05) is 19.6 Å². The number of hydrogen-bond acceptors (Lipinski definition) is 11. The van der Waals surface area contributed by atoms with Gasteiger partial charge in [0.2, 0.25) is 41.4 Å². The number of hydrogen-bond donors (Lipinski definition) is 8. The number of amides is 7. The SMILES string of the molecule is Cc1ccc(S(=O)(=O)NC(N)=NCCC[C@@H]2NC(=O)[C@H](CCC(N)=O)NC(=O)[C@H](CCCCNC(=O)OCc3ccccc3)NC(=O)[C@H](C)NC(=O)[C@@H]3CCCN3C2=O)cc1. The van der Waals surface area contributed by atoms with Gasteiger partial charge in [0.25, 0.3) is 10.0 Å². The van der Waals surface area contributed by atoms with Crippen LogP contribution in [0.5, 0.6) is 0 Å². The predicted octanol–water partition coefficient (Wildman–Crippen LogP) is -0.306. The van der Waals surface area contributed by atoms with Gasteiger partial charge in [0, 0.05) is 26.1 Å². The smallest absolute Gasteiger partial charge is 0.407 e. The second-order valence-corrected chi connectivity index (χ2v) is 16.6. The summed E-state index contributed by atoms with van der Waals surface area (Å²) in [6.45, 7) is 3.64. The van der Waals surface area contributed by atoms with Crippen molar-refractivity contribution in [1.29, 1.82) is 0 Å². The van der Waals surface area contributed by atoms with Gasteiger partial charge in [-0.2, -0.15) is 0 Å². The number of guanidine groups is 1. The van der Waals surface area contributed by atoms with Gasteiger partial charge in [0.05, 0.1) is 4.90 Å². The van der Waals surface area contributed by atoms with Crippen molar-refractivity contribution in [3.8, 4) is 0 Å². The maximum Gasteiger partial charge on any atom is 0.407 e. The molecule has 2 aromatic carbocycles. The van der Waals surface area contributed by atoms with E-state index in [0.717, 1.165) is 11.1 Å². The molecule has 0 spiro atoms. The number of unbranched alkanes of at least 4 members (excludes halogenated alkanes) is 1. The Morgan fingerprint density at radius 2 is 1.46 bits per heavy atom. The fourth-order valence-corrected chi connectivity index (χ4v) is 7.63. The number of aryl methyl sites for hydroxylation is 1. The molecule has 21 heteroatoms. The molecule has 2 aliphatic heterocycles. The molecule has 5 atom stereocenters. The quantitative estimate of drug-likeness (QED) is 0.0615. The third-order valence-electron chi connectivity index (χ3n) is 10.1. The van der Waals surface area contributed by atoms with Gasteiger partial charge in [-0.05, 0) is 82.9 Å². The minimum Gasteiger partial charge on any atom is -0.445 e. The maximum atomic E-state index is 14.1. The second kappa shape index (κ2) is 22.9. The van der Waals surface area contributed by atoms with Crippen LogP contribution in [0, 0.1) is 6.92 Å².